The fourth-order valence-corrected chi connectivity index (χ4v) is 6.02. The van der Waals surface area contributed by atoms with Gasteiger partial charge in [-0.05, 0) is 61.7 Å². The summed E-state index contributed by atoms with van der Waals surface area (Å²) in [6, 6.07) is 0. The van der Waals surface area contributed by atoms with Crippen molar-refractivity contribution in [3.63, 3.8) is 0 Å². The summed E-state index contributed by atoms with van der Waals surface area (Å²) < 4.78 is 0. The Morgan fingerprint density at radius 3 is 2.36 bits per heavy atom. The third kappa shape index (κ3) is 1.24. The van der Waals surface area contributed by atoms with Crippen LogP contribution >= 0.6 is 15.9 Å². The van der Waals surface area contributed by atoms with Gasteiger partial charge in [0.05, 0.1) is 0 Å². The summed E-state index contributed by atoms with van der Waals surface area (Å²) in [6.45, 7) is 2.36. The SMILES string of the molecule is CCCC12CC3CC(CC(C3)C1Br)C2. The summed E-state index contributed by atoms with van der Waals surface area (Å²) in [5, 5.41) is 0. The van der Waals surface area contributed by atoms with Crippen LogP contribution in [0, 0.1) is 23.2 Å². The first kappa shape index (κ1) is 9.69. The highest BCUT2D eigenvalue weighted by Gasteiger charge is 2.55. The third-order valence-electron chi connectivity index (χ3n) is 5.08. The van der Waals surface area contributed by atoms with Crippen LogP contribution in [-0.4, -0.2) is 4.83 Å². The van der Waals surface area contributed by atoms with E-state index in [4.69, 9.17) is 0 Å². The highest BCUT2D eigenvalue weighted by Crippen LogP contribution is 2.63. The molecule has 0 N–H and O–H groups in total. The van der Waals surface area contributed by atoms with Gasteiger partial charge in [-0.3, -0.25) is 0 Å². The Morgan fingerprint density at radius 2 is 1.79 bits per heavy atom. The monoisotopic (exact) mass is 256 g/mol. The summed E-state index contributed by atoms with van der Waals surface area (Å²) in [5.41, 5.74) is 0.726. The Hall–Kier alpha value is 0.480. The van der Waals surface area contributed by atoms with Crippen LogP contribution < -0.4 is 0 Å². The van der Waals surface area contributed by atoms with Gasteiger partial charge in [0, 0.05) is 4.83 Å². The van der Waals surface area contributed by atoms with Crippen LogP contribution in [0.2, 0.25) is 0 Å². The van der Waals surface area contributed by atoms with Crippen molar-refractivity contribution < 1.29 is 0 Å². The Labute approximate surface area is 96.0 Å². The molecule has 4 aliphatic rings. The first-order chi connectivity index (χ1) is 6.73. The first-order valence-electron chi connectivity index (χ1n) is 6.37. The number of hydrogen-bond acceptors (Lipinski definition) is 0. The molecule has 0 aromatic carbocycles. The van der Waals surface area contributed by atoms with E-state index in [1.807, 2.05) is 0 Å². The Balaban J connectivity index is 1.89. The zero-order chi connectivity index (χ0) is 9.76. The van der Waals surface area contributed by atoms with Crippen LogP contribution in [-0.2, 0) is 0 Å². The molecule has 4 aliphatic carbocycles. The summed E-state index contributed by atoms with van der Waals surface area (Å²) in [4.78, 5) is 0.864. The molecule has 0 nitrogen and oxygen atoms in total. The fraction of sp³-hybridized carbons (Fsp3) is 1.00. The van der Waals surface area contributed by atoms with Crippen LogP contribution in [0.3, 0.4) is 0 Å². The average Bonchev–Trinajstić information content (AvgIpc) is 2.13. The van der Waals surface area contributed by atoms with Crippen molar-refractivity contribution in [3.8, 4) is 0 Å². The van der Waals surface area contributed by atoms with Crippen LogP contribution in [0.15, 0.2) is 0 Å². The normalized spacial score (nSPS) is 55.3. The van der Waals surface area contributed by atoms with E-state index in [9.17, 15) is 0 Å². The van der Waals surface area contributed by atoms with Gasteiger partial charge in [0.2, 0.25) is 0 Å². The molecule has 0 aromatic heterocycles. The molecule has 0 aliphatic heterocycles. The molecule has 4 fully saturated rings. The van der Waals surface area contributed by atoms with Crippen LogP contribution in [0.25, 0.3) is 0 Å². The van der Waals surface area contributed by atoms with E-state index < -0.39 is 0 Å². The lowest BCUT2D eigenvalue weighted by Gasteiger charge is -2.60. The maximum absolute atomic E-state index is 4.04. The minimum absolute atomic E-state index is 0.726. The predicted octanol–water partition coefficient (Wildman–Crippen LogP) is 4.38. The van der Waals surface area contributed by atoms with E-state index in [2.05, 4.69) is 22.9 Å². The number of hydrogen-bond donors (Lipinski definition) is 0. The standard InChI is InChI=1S/C13H21Br/c1-2-3-13-7-9-4-10(8-13)6-11(5-9)12(13)14/h9-12H,2-8H2,1H3. The highest BCUT2D eigenvalue weighted by molar-refractivity contribution is 9.09. The summed E-state index contributed by atoms with van der Waals surface area (Å²) in [6.07, 6.45) is 10.6. The van der Waals surface area contributed by atoms with E-state index in [0.717, 1.165) is 28.0 Å². The van der Waals surface area contributed by atoms with Gasteiger partial charge in [-0.1, -0.05) is 29.3 Å². The Kier molecular flexibility index (Phi) is 2.24. The van der Waals surface area contributed by atoms with Gasteiger partial charge in [0.25, 0.3) is 0 Å². The molecule has 1 heteroatoms. The van der Waals surface area contributed by atoms with E-state index in [1.54, 1.807) is 19.3 Å². The van der Waals surface area contributed by atoms with Gasteiger partial charge < -0.3 is 0 Å². The van der Waals surface area contributed by atoms with E-state index in [-0.39, 0.29) is 0 Å². The molecular formula is C13H21Br. The summed E-state index contributed by atoms with van der Waals surface area (Å²) in [5.74, 6) is 3.24. The lowest BCUT2D eigenvalue weighted by molar-refractivity contribution is -0.0477. The van der Waals surface area contributed by atoms with Crippen LogP contribution in [0.5, 0.6) is 0 Å². The average molecular weight is 257 g/mol. The molecule has 80 valence electrons. The van der Waals surface area contributed by atoms with Crippen molar-refractivity contribution in [1.82, 2.24) is 0 Å². The molecule has 0 saturated heterocycles. The molecule has 4 bridgehead atoms. The second kappa shape index (κ2) is 3.23. The fourth-order valence-electron chi connectivity index (χ4n) is 4.99. The molecule has 0 heterocycles. The summed E-state index contributed by atoms with van der Waals surface area (Å²) >= 11 is 4.04. The van der Waals surface area contributed by atoms with Crippen molar-refractivity contribution in [2.45, 2.75) is 56.7 Å². The van der Waals surface area contributed by atoms with Gasteiger partial charge in [-0.25, -0.2) is 0 Å². The van der Waals surface area contributed by atoms with E-state index in [0.29, 0.717) is 0 Å². The maximum Gasteiger partial charge on any atom is 0.0230 e. The second-order valence-electron chi connectivity index (χ2n) is 6.12. The van der Waals surface area contributed by atoms with Crippen LogP contribution in [0.4, 0.5) is 0 Å². The minimum Gasteiger partial charge on any atom is -0.0882 e. The molecular weight excluding hydrogens is 236 g/mol. The minimum atomic E-state index is 0.726. The smallest absolute Gasteiger partial charge is 0.0230 e. The van der Waals surface area contributed by atoms with E-state index >= 15 is 0 Å². The highest BCUT2D eigenvalue weighted by atomic mass is 79.9. The van der Waals surface area contributed by atoms with E-state index in [1.165, 1.54) is 25.7 Å². The van der Waals surface area contributed by atoms with Crippen molar-refractivity contribution in [2.75, 3.05) is 0 Å². The quantitative estimate of drug-likeness (QED) is 0.644. The molecule has 0 aromatic rings. The maximum atomic E-state index is 4.04. The molecule has 3 atom stereocenters. The molecule has 3 unspecified atom stereocenters. The zero-order valence-corrected chi connectivity index (χ0v) is 10.7. The van der Waals surface area contributed by atoms with Gasteiger partial charge in [0.15, 0.2) is 0 Å². The van der Waals surface area contributed by atoms with Crippen molar-refractivity contribution in [2.24, 2.45) is 23.2 Å². The largest absolute Gasteiger partial charge is 0.0882 e. The Bertz CT molecular complexity index is 221. The lowest BCUT2D eigenvalue weighted by atomic mass is 9.48. The van der Waals surface area contributed by atoms with Gasteiger partial charge in [0.1, 0.15) is 0 Å². The van der Waals surface area contributed by atoms with Crippen molar-refractivity contribution in [3.05, 3.63) is 0 Å². The molecule has 14 heavy (non-hydrogen) atoms. The topological polar surface area (TPSA) is 0 Å². The number of halogens is 1. The van der Waals surface area contributed by atoms with Gasteiger partial charge in [-0.15, -0.1) is 0 Å². The lowest BCUT2D eigenvalue weighted by Crippen LogP contribution is -2.53. The Morgan fingerprint density at radius 1 is 1.14 bits per heavy atom. The molecule has 0 radical (unpaired) electrons. The molecule has 0 spiro atoms. The predicted molar refractivity (Wildman–Crippen MR) is 63.6 cm³/mol. The second-order valence-corrected chi connectivity index (χ2v) is 7.11. The van der Waals surface area contributed by atoms with Gasteiger partial charge >= 0.3 is 0 Å². The van der Waals surface area contributed by atoms with Crippen LogP contribution in [0.1, 0.15) is 51.9 Å². The third-order valence-corrected chi connectivity index (χ3v) is 6.79. The zero-order valence-electron chi connectivity index (χ0n) is 9.14. The molecule has 4 rings (SSSR count). The van der Waals surface area contributed by atoms with Crippen molar-refractivity contribution >= 4 is 15.9 Å². The van der Waals surface area contributed by atoms with Gasteiger partial charge in [-0.2, -0.15) is 0 Å². The number of rotatable bonds is 2. The first-order valence-corrected chi connectivity index (χ1v) is 7.29. The summed E-state index contributed by atoms with van der Waals surface area (Å²) in [7, 11) is 0. The molecule has 4 saturated carbocycles. The molecule has 0 amide bonds. The van der Waals surface area contributed by atoms with Crippen molar-refractivity contribution in [1.29, 1.82) is 0 Å². The number of alkyl halides is 1.